The first-order valence-electron chi connectivity index (χ1n) is 6.55. The highest BCUT2D eigenvalue weighted by atomic mass is 19.1. The summed E-state index contributed by atoms with van der Waals surface area (Å²) in [5.74, 6) is -0.476. The second-order valence-electron chi connectivity index (χ2n) is 4.82. The van der Waals surface area contributed by atoms with Crippen LogP contribution in [0.3, 0.4) is 0 Å². The molecule has 1 amide bonds. The molecular formula is C16H13FN2O2. The second kappa shape index (κ2) is 5.36. The number of carbonyl (C=O) groups is 1. The van der Waals surface area contributed by atoms with Crippen molar-refractivity contribution in [3.8, 4) is 0 Å². The van der Waals surface area contributed by atoms with E-state index < -0.39 is 6.09 Å². The fourth-order valence-electron chi connectivity index (χ4n) is 2.45. The Hall–Kier alpha value is -2.69. The van der Waals surface area contributed by atoms with Crippen molar-refractivity contribution in [2.75, 3.05) is 6.54 Å². The monoisotopic (exact) mass is 284 g/mol. The van der Waals surface area contributed by atoms with Crippen LogP contribution in [0.2, 0.25) is 0 Å². The summed E-state index contributed by atoms with van der Waals surface area (Å²) in [4.78, 5) is 11.2. The van der Waals surface area contributed by atoms with Gasteiger partial charge in [0.05, 0.1) is 12.3 Å². The third-order valence-corrected chi connectivity index (χ3v) is 3.48. The molecule has 106 valence electrons. The number of carboxylic acid groups (broad SMARTS) is 1. The number of rotatable bonds is 2. The molecule has 0 aliphatic carbocycles. The van der Waals surface area contributed by atoms with Crippen LogP contribution in [0, 0.1) is 5.82 Å². The molecule has 2 aromatic rings. The maximum absolute atomic E-state index is 13.1. The van der Waals surface area contributed by atoms with E-state index >= 15 is 0 Å². The van der Waals surface area contributed by atoms with E-state index in [1.165, 1.54) is 12.1 Å². The number of hydrogen-bond donors (Lipinski definition) is 1. The molecule has 0 aromatic heterocycles. The number of nitrogens with zero attached hydrogens (tertiary/aromatic N) is 2. The second-order valence-corrected chi connectivity index (χ2v) is 4.82. The minimum Gasteiger partial charge on any atom is -0.464 e. The van der Waals surface area contributed by atoms with E-state index in [9.17, 15) is 9.18 Å². The van der Waals surface area contributed by atoms with Crippen LogP contribution in [-0.4, -0.2) is 28.5 Å². The van der Waals surface area contributed by atoms with Gasteiger partial charge in [-0.3, -0.25) is 0 Å². The van der Waals surface area contributed by atoms with Crippen LogP contribution in [0.5, 0.6) is 0 Å². The third-order valence-electron chi connectivity index (χ3n) is 3.48. The lowest BCUT2D eigenvalue weighted by atomic mass is 9.91. The van der Waals surface area contributed by atoms with Crippen LogP contribution in [0.15, 0.2) is 59.7 Å². The van der Waals surface area contributed by atoms with Gasteiger partial charge in [0, 0.05) is 5.92 Å². The van der Waals surface area contributed by atoms with Gasteiger partial charge < -0.3 is 5.11 Å². The quantitative estimate of drug-likeness (QED) is 0.919. The topological polar surface area (TPSA) is 52.9 Å². The Labute approximate surface area is 121 Å². The molecular weight excluding hydrogens is 271 g/mol. The number of hydrazone groups is 1. The molecule has 5 heteroatoms. The Morgan fingerprint density at radius 1 is 1.14 bits per heavy atom. The number of halogens is 1. The maximum Gasteiger partial charge on any atom is 0.427 e. The molecule has 1 atom stereocenters. The molecule has 1 aliphatic heterocycles. The first kappa shape index (κ1) is 13.3. The summed E-state index contributed by atoms with van der Waals surface area (Å²) in [6.07, 6.45) is -1.09. The van der Waals surface area contributed by atoms with Crippen LogP contribution in [-0.2, 0) is 0 Å². The molecule has 0 fully saturated rings. The van der Waals surface area contributed by atoms with Gasteiger partial charge in [0.15, 0.2) is 0 Å². The Bertz CT molecular complexity index is 683. The van der Waals surface area contributed by atoms with Gasteiger partial charge in [-0.2, -0.15) is 10.1 Å². The highest BCUT2D eigenvalue weighted by Crippen LogP contribution is 2.28. The normalized spacial score (nSPS) is 17.7. The minimum atomic E-state index is -1.09. The molecule has 0 spiro atoms. The van der Waals surface area contributed by atoms with Crippen molar-refractivity contribution in [3.63, 3.8) is 0 Å². The molecule has 1 unspecified atom stereocenters. The molecule has 2 aromatic carbocycles. The van der Waals surface area contributed by atoms with Gasteiger partial charge in [0.1, 0.15) is 5.82 Å². The van der Waals surface area contributed by atoms with E-state index in [-0.39, 0.29) is 18.3 Å². The molecule has 1 heterocycles. The Morgan fingerprint density at radius 2 is 1.81 bits per heavy atom. The van der Waals surface area contributed by atoms with Crippen LogP contribution in [0.1, 0.15) is 17.0 Å². The van der Waals surface area contributed by atoms with E-state index in [1.807, 2.05) is 30.3 Å². The van der Waals surface area contributed by atoms with Crippen molar-refractivity contribution in [2.24, 2.45) is 5.10 Å². The average molecular weight is 284 g/mol. The van der Waals surface area contributed by atoms with E-state index in [4.69, 9.17) is 5.11 Å². The summed E-state index contributed by atoms with van der Waals surface area (Å²) in [5, 5.41) is 14.3. The fourth-order valence-corrected chi connectivity index (χ4v) is 2.45. The fraction of sp³-hybridized carbons (Fsp3) is 0.125. The molecule has 1 N–H and O–H groups in total. The molecule has 21 heavy (non-hydrogen) atoms. The molecule has 4 nitrogen and oxygen atoms in total. The number of hydrogen-bond acceptors (Lipinski definition) is 2. The van der Waals surface area contributed by atoms with E-state index in [1.54, 1.807) is 12.1 Å². The van der Waals surface area contributed by atoms with Gasteiger partial charge >= 0.3 is 6.09 Å². The van der Waals surface area contributed by atoms with Crippen molar-refractivity contribution in [2.45, 2.75) is 5.92 Å². The minimum absolute atomic E-state index is 0.146. The first-order valence-corrected chi connectivity index (χ1v) is 6.55. The van der Waals surface area contributed by atoms with Crippen molar-refractivity contribution >= 4 is 11.8 Å². The van der Waals surface area contributed by atoms with Gasteiger partial charge in [0.25, 0.3) is 0 Å². The lowest BCUT2D eigenvalue weighted by molar-refractivity contribution is 0.151. The van der Waals surface area contributed by atoms with Crippen molar-refractivity contribution in [1.29, 1.82) is 0 Å². The highest BCUT2D eigenvalue weighted by Gasteiger charge is 2.31. The largest absolute Gasteiger partial charge is 0.464 e. The molecule has 0 saturated heterocycles. The first-order chi connectivity index (χ1) is 10.1. The van der Waals surface area contributed by atoms with Crippen LogP contribution in [0.4, 0.5) is 9.18 Å². The SMILES string of the molecule is O=C(O)N1CC(c2ccccc2)C(c2ccc(F)cc2)=N1. The smallest absolute Gasteiger partial charge is 0.427 e. The zero-order valence-electron chi connectivity index (χ0n) is 11.1. The van der Waals surface area contributed by atoms with Crippen LogP contribution >= 0.6 is 0 Å². The van der Waals surface area contributed by atoms with Gasteiger partial charge in [-0.15, -0.1) is 0 Å². The summed E-state index contributed by atoms with van der Waals surface area (Å²) in [5.41, 5.74) is 2.36. The number of benzene rings is 2. The molecule has 1 aliphatic rings. The van der Waals surface area contributed by atoms with Gasteiger partial charge in [0.2, 0.25) is 0 Å². The molecule has 3 rings (SSSR count). The summed E-state index contributed by atoms with van der Waals surface area (Å²) >= 11 is 0. The predicted molar refractivity (Wildman–Crippen MR) is 76.9 cm³/mol. The van der Waals surface area contributed by atoms with Gasteiger partial charge in [-0.05, 0) is 23.3 Å². The van der Waals surface area contributed by atoms with Gasteiger partial charge in [-0.1, -0.05) is 42.5 Å². The van der Waals surface area contributed by atoms with Crippen molar-refractivity contribution in [1.82, 2.24) is 5.01 Å². The lowest BCUT2D eigenvalue weighted by Crippen LogP contribution is -2.23. The Balaban J connectivity index is 2.01. The zero-order valence-corrected chi connectivity index (χ0v) is 11.1. The van der Waals surface area contributed by atoms with Crippen molar-refractivity contribution in [3.05, 3.63) is 71.5 Å². The molecule has 0 radical (unpaired) electrons. The van der Waals surface area contributed by atoms with Gasteiger partial charge in [-0.25, -0.2) is 9.18 Å². The Kier molecular flexibility index (Phi) is 3.39. The summed E-state index contributed by atoms with van der Waals surface area (Å²) in [6.45, 7) is 0.270. The summed E-state index contributed by atoms with van der Waals surface area (Å²) < 4.78 is 13.1. The summed E-state index contributed by atoms with van der Waals surface area (Å²) in [6, 6.07) is 15.5. The number of amides is 1. The average Bonchev–Trinajstić information content (AvgIpc) is 2.94. The predicted octanol–water partition coefficient (Wildman–Crippen LogP) is 3.31. The van der Waals surface area contributed by atoms with E-state index in [0.717, 1.165) is 16.1 Å². The summed E-state index contributed by atoms with van der Waals surface area (Å²) in [7, 11) is 0. The van der Waals surface area contributed by atoms with Crippen LogP contribution in [0.25, 0.3) is 0 Å². The van der Waals surface area contributed by atoms with E-state index in [0.29, 0.717) is 5.71 Å². The molecule has 0 saturated carbocycles. The standard InChI is InChI=1S/C16H13FN2O2/c17-13-8-6-12(7-9-13)15-14(10-19(18-15)16(20)21)11-4-2-1-3-5-11/h1-9,14H,10H2,(H,20,21). The Morgan fingerprint density at radius 3 is 2.43 bits per heavy atom. The maximum atomic E-state index is 13.1. The molecule has 0 bridgehead atoms. The third kappa shape index (κ3) is 2.63. The highest BCUT2D eigenvalue weighted by molar-refractivity contribution is 6.06. The van der Waals surface area contributed by atoms with Crippen molar-refractivity contribution < 1.29 is 14.3 Å². The van der Waals surface area contributed by atoms with Crippen LogP contribution < -0.4 is 0 Å². The lowest BCUT2D eigenvalue weighted by Gasteiger charge is -2.13. The zero-order chi connectivity index (χ0) is 14.8. The van der Waals surface area contributed by atoms with E-state index in [2.05, 4.69) is 5.10 Å².